The van der Waals surface area contributed by atoms with Gasteiger partial charge in [-0.15, -0.1) is 0 Å². The number of nitrogens with zero attached hydrogens (tertiary/aromatic N) is 1. The molecule has 3 rings (SSSR count). The lowest BCUT2D eigenvalue weighted by Crippen LogP contribution is -2.32. The zero-order valence-corrected chi connectivity index (χ0v) is 17.5. The summed E-state index contributed by atoms with van der Waals surface area (Å²) < 4.78 is 10.8. The Bertz CT molecular complexity index is 918. The summed E-state index contributed by atoms with van der Waals surface area (Å²) in [4.78, 5) is 27.0. The van der Waals surface area contributed by atoms with Gasteiger partial charge in [0.25, 0.3) is 11.7 Å². The van der Waals surface area contributed by atoms with Crippen molar-refractivity contribution in [3.05, 3.63) is 71.3 Å². The Balaban J connectivity index is 2.00. The largest absolute Gasteiger partial charge is 0.507 e. The molecule has 158 valence electrons. The molecule has 0 aliphatic carbocycles. The molecule has 6 heteroatoms. The molecule has 1 aliphatic rings. The predicted octanol–water partition coefficient (Wildman–Crippen LogP) is 3.79. The normalized spacial score (nSPS) is 18.3. The second-order valence-corrected chi connectivity index (χ2v) is 7.63. The fourth-order valence-corrected chi connectivity index (χ4v) is 3.41. The van der Waals surface area contributed by atoms with Crippen LogP contribution in [-0.4, -0.2) is 48.6 Å². The molecule has 30 heavy (non-hydrogen) atoms. The van der Waals surface area contributed by atoms with Crippen LogP contribution in [0.5, 0.6) is 5.75 Å². The summed E-state index contributed by atoms with van der Waals surface area (Å²) in [5, 5.41) is 11.0. The number of methoxy groups -OCH3 is 1. The van der Waals surface area contributed by atoms with E-state index in [1.807, 2.05) is 30.3 Å². The molecule has 0 spiro atoms. The molecule has 1 saturated heterocycles. The molecular weight excluding hydrogens is 382 g/mol. The van der Waals surface area contributed by atoms with Gasteiger partial charge in [0.1, 0.15) is 11.5 Å². The van der Waals surface area contributed by atoms with Crippen LogP contribution >= 0.6 is 0 Å². The van der Waals surface area contributed by atoms with E-state index in [2.05, 4.69) is 13.8 Å². The highest BCUT2D eigenvalue weighted by Gasteiger charge is 2.45. The lowest BCUT2D eigenvalue weighted by molar-refractivity contribution is -0.140. The summed E-state index contributed by atoms with van der Waals surface area (Å²) >= 11 is 0. The predicted molar refractivity (Wildman–Crippen MR) is 114 cm³/mol. The minimum atomic E-state index is -0.697. The molecule has 1 atom stereocenters. The van der Waals surface area contributed by atoms with E-state index in [0.717, 1.165) is 5.56 Å². The van der Waals surface area contributed by atoms with E-state index in [0.29, 0.717) is 23.8 Å². The maximum Gasteiger partial charge on any atom is 0.295 e. The zero-order valence-electron chi connectivity index (χ0n) is 17.5. The minimum absolute atomic E-state index is 0.0816. The first-order valence-corrected chi connectivity index (χ1v) is 9.99. The molecule has 1 fully saturated rings. The van der Waals surface area contributed by atoms with Crippen LogP contribution in [0.1, 0.15) is 31.0 Å². The van der Waals surface area contributed by atoms with Crippen molar-refractivity contribution in [3.63, 3.8) is 0 Å². The maximum absolute atomic E-state index is 12.8. The van der Waals surface area contributed by atoms with Gasteiger partial charge in [0.15, 0.2) is 0 Å². The van der Waals surface area contributed by atoms with Crippen molar-refractivity contribution in [1.82, 2.24) is 4.90 Å². The van der Waals surface area contributed by atoms with Crippen molar-refractivity contribution in [1.29, 1.82) is 0 Å². The number of hydrogen-bond acceptors (Lipinski definition) is 5. The van der Waals surface area contributed by atoms with Gasteiger partial charge in [-0.3, -0.25) is 9.59 Å². The van der Waals surface area contributed by atoms with Crippen LogP contribution in [0.15, 0.2) is 60.2 Å². The number of Topliss-reactive ketones (excluding diaryl/α,β-unsaturated/α-hetero) is 1. The van der Waals surface area contributed by atoms with Gasteiger partial charge >= 0.3 is 0 Å². The number of aliphatic hydroxyl groups excluding tert-OH is 1. The van der Waals surface area contributed by atoms with Gasteiger partial charge in [-0.2, -0.15) is 0 Å². The standard InChI is InChI=1S/C24H27NO5/c1-16(2)15-30-19-11-9-18(10-12-19)22(26)20-21(17-7-5-4-6-8-17)25(13-14-29-3)24(28)23(20)27/h4-12,16,21,26H,13-15H2,1-3H3. The number of hydrogen-bond donors (Lipinski definition) is 1. The first kappa shape index (κ1) is 21.6. The first-order valence-electron chi connectivity index (χ1n) is 9.99. The third kappa shape index (κ3) is 4.54. The molecular formula is C24H27NO5. The topological polar surface area (TPSA) is 76.1 Å². The average molecular weight is 409 g/mol. The molecule has 1 heterocycles. The molecule has 1 unspecified atom stereocenters. The summed E-state index contributed by atoms with van der Waals surface area (Å²) in [6, 6.07) is 15.4. The molecule has 1 amide bonds. The van der Waals surface area contributed by atoms with Crippen molar-refractivity contribution < 1.29 is 24.2 Å². The Kier molecular flexibility index (Phi) is 6.90. The van der Waals surface area contributed by atoms with Crippen molar-refractivity contribution in [2.75, 3.05) is 26.9 Å². The van der Waals surface area contributed by atoms with Crippen LogP contribution in [0.4, 0.5) is 0 Å². The highest BCUT2D eigenvalue weighted by molar-refractivity contribution is 6.46. The Morgan fingerprint density at radius 2 is 1.73 bits per heavy atom. The molecule has 0 aromatic heterocycles. The summed E-state index contributed by atoms with van der Waals surface area (Å²) in [6.45, 7) is 5.25. The van der Waals surface area contributed by atoms with Crippen molar-refractivity contribution in [3.8, 4) is 5.75 Å². The van der Waals surface area contributed by atoms with E-state index >= 15 is 0 Å². The second-order valence-electron chi connectivity index (χ2n) is 7.63. The van der Waals surface area contributed by atoms with Gasteiger partial charge in [-0.1, -0.05) is 44.2 Å². The number of likely N-dealkylation sites (tertiary alicyclic amines) is 1. The molecule has 0 bridgehead atoms. The molecule has 6 nitrogen and oxygen atoms in total. The van der Waals surface area contributed by atoms with E-state index < -0.39 is 17.7 Å². The van der Waals surface area contributed by atoms with E-state index in [4.69, 9.17) is 9.47 Å². The molecule has 1 aliphatic heterocycles. The maximum atomic E-state index is 12.8. The van der Waals surface area contributed by atoms with Crippen LogP contribution in [0.25, 0.3) is 5.76 Å². The fourth-order valence-electron chi connectivity index (χ4n) is 3.41. The Morgan fingerprint density at radius 1 is 1.07 bits per heavy atom. The monoisotopic (exact) mass is 409 g/mol. The number of carbonyl (C=O) groups excluding carboxylic acids is 2. The van der Waals surface area contributed by atoms with Crippen molar-refractivity contribution >= 4 is 17.4 Å². The van der Waals surface area contributed by atoms with Crippen LogP contribution in [0.2, 0.25) is 0 Å². The van der Waals surface area contributed by atoms with Gasteiger partial charge in [-0.05, 0) is 35.7 Å². The Morgan fingerprint density at radius 3 is 2.33 bits per heavy atom. The smallest absolute Gasteiger partial charge is 0.295 e. The molecule has 2 aromatic carbocycles. The summed E-state index contributed by atoms with van der Waals surface area (Å²) in [7, 11) is 1.54. The van der Waals surface area contributed by atoms with Crippen molar-refractivity contribution in [2.45, 2.75) is 19.9 Å². The van der Waals surface area contributed by atoms with Gasteiger partial charge in [0, 0.05) is 19.2 Å². The van der Waals surface area contributed by atoms with Crippen LogP contribution < -0.4 is 4.74 Å². The van der Waals surface area contributed by atoms with Gasteiger partial charge in [0.2, 0.25) is 0 Å². The Labute approximate surface area is 176 Å². The molecule has 0 saturated carbocycles. The number of aliphatic hydroxyl groups is 1. The summed E-state index contributed by atoms with van der Waals surface area (Å²) in [5.41, 5.74) is 1.29. The summed E-state index contributed by atoms with van der Waals surface area (Å²) in [6.07, 6.45) is 0. The third-order valence-electron chi connectivity index (χ3n) is 4.90. The fraction of sp³-hybridized carbons (Fsp3) is 0.333. The lowest BCUT2D eigenvalue weighted by Gasteiger charge is -2.25. The second kappa shape index (κ2) is 9.59. The Hall–Kier alpha value is -3.12. The third-order valence-corrected chi connectivity index (χ3v) is 4.90. The van der Waals surface area contributed by atoms with E-state index in [1.54, 1.807) is 24.3 Å². The minimum Gasteiger partial charge on any atom is -0.507 e. The average Bonchev–Trinajstić information content (AvgIpc) is 3.01. The highest BCUT2D eigenvalue weighted by Crippen LogP contribution is 2.39. The molecule has 0 radical (unpaired) electrons. The lowest BCUT2D eigenvalue weighted by atomic mass is 9.95. The first-order chi connectivity index (χ1) is 14.4. The van der Waals surface area contributed by atoms with Crippen LogP contribution in [0.3, 0.4) is 0 Å². The van der Waals surface area contributed by atoms with E-state index in [1.165, 1.54) is 12.0 Å². The van der Waals surface area contributed by atoms with Gasteiger partial charge in [-0.25, -0.2) is 0 Å². The van der Waals surface area contributed by atoms with E-state index in [-0.39, 0.29) is 24.5 Å². The van der Waals surface area contributed by atoms with E-state index in [9.17, 15) is 14.7 Å². The van der Waals surface area contributed by atoms with Crippen molar-refractivity contribution in [2.24, 2.45) is 5.92 Å². The summed E-state index contributed by atoms with van der Waals surface area (Å²) in [5.74, 6) is -0.457. The number of amides is 1. The quantitative estimate of drug-likeness (QED) is 0.408. The highest BCUT2D eigenvalue weighted by atomic mass is 16.5. The number of rotatable bonds is 8. The number of ketones is 1. The molecule has 2 aromatic rings. The number of carbonyl (C=O) groups is 2. The SMILES string of the molecule is COCCN1C(=O)C(=O)C(=C(O)c2ccc(OCC(C)C)cc2)C1c1ccccc1. The van der Waals surface area contributed by atoms with Gasteiger partial charge in [0.05, 0.1) is 24.8 Å². The van der Waals surface area contributed by atoms with Crippen LogP contribution in [-0.2, 0) is 14.3 Å². The van der Waals surface area contributed by atoms with Gasteiger partial charge < -0.3 is 19.5 Å². The molecule has 1 N–H and O–H groups in total. The van der Waals surface area contributed by atoms with Crippen LogP contribution in [0, 0.1) is 5.92 Å². The number of benzene rings is 2. The zero-order chi connectivity index (χ0) is 21.7. The number of ether oxygens (including phenoxy) is 2.